The minimum absolute atomic E-state index is 0.758. The van der Waals surface area contributed by atoms with Crippen LogP contribution in [0.2, 0.25) is 5.02 Å². The molecular weight excluding hydrogens is 319 g/mol. The van der Waals surface area contributed by atoms with Gasteiger partial charge >= 0.3 is 0 Å². The summed E-state index contributed by atoms with van der Waals surface area (Å²) in [5.74, 6) is 0. The van der Waals surface area contributed by atoms with Gasteiger partial charge in [-0.3, -0.25) is 0 Å². The Balaban J connectivity index is 2.49. The van der Waals surface area contributed by atoms with Crippen molar-refractivity contribution in [2.45, 2.75) is 0 Å². The summed E-state index contributed by atoms with van der Waals surface area (Å²) < 4.78 is 1.05. The van der Waals surface area contributed by atoms with Crippen LogP contribution in [0.3, 0.4) is 0 Å². The second kappa shape index (κ2) is 3.89. The maximum atomic E-state index is 5.98. The Bertz CT molecular complexity index is 416. The van der Waals surface area contributed by atoms with Crippen LogP contribution in [-0.4, -0.2) is 10.2 Å². The summed E-state index contributed by atoms with van der Waals surface area (Å²) >= 11 is 9.68. The number of halogens is 2. The van der Waals surface area contributed by atoms with Crippen molar-refractivity contribution in [3.63, 3.8) is 0 Å². The zero-order chi connectivity index (χ0) is 9.26. The first-order chi connectivity index (χ1) is 6.27. The van der Waals surface area contributed by atoms with Crippen LogP contribution >= 0.6 is 45.5 Å². The Labute approximate surface area is 98.1 Å². The Kier molecular flexibility index (Phi) is 2.80. The zero-order valence-corrected chi connectivity index (χ0v) is 10.1. The lowest BCUT2D eigenvalue weighted by molar-refractivity contribution is 1.10. The van der Waals surface area contributed by atoms with Crippen LogP contribution in [0, 0.1) is 3.57 Å². The first-order valence-electron chi connectivity index (χ1n) is 3.49. The molecule has 0 amide bonds. The highest BCUT2D eigenvalue weighted by atomic mass is 127. The van der Waals surface area contributed by atoms with Gasteiger partial charge in [0.15, 0.2) is 0 Å². The Morgan fingerprint density at radius 3 is 2.85 bits per heavy atom. The van der Waals surface area contributed by atoms with Crippen molar-refractivity contribution >= 4 is 45.5 Å². The van der Waals surface area contributed by atoms with Crippen LogP contribution in [0.5, 0.6) is 0 Å². The van der Waals surface area contributed by atoms with Crippen LogP contribution in [0.25, 0.3) is 10.6 Å². The second-order valence-corrected chi connectivity index (χ2v) is 4.78. The maximum absolute atomic E-state index is 5.98. The van der Waals surface area contributed by atoms with Gasteiger partial charge in [0.2, 0.25) is 0 Å². The van der Waals surface area contributed by atoms with Crippen molar-refractivity contribution in [2.24, 2.45) is 0 Å². The molecule has 2 rings (SSSR count). The highest BCUT2D eigenvalue weighted by molar-refractivity contribution is 14.1. The molecule has 0 N–H and O–H groups in total. The first kappa shape index (κ1) is 9.36. The number of hydrogen-bond donors (Lipinski definition) is 0. The van der Waals surface area contributed by atoms with Crippen LogP contribution in [0.1, 0.15) is 0 Å². The van der Waals surface area contributed by atoms with E-state index >= 15 is 0 Å². The van der Waals surface area contributed by atoms with E-state index in [0.717, 1.165) is 19.2 Å². The van der Waals surface area contributed by atoms with Gasteiger partial charge in [0.05, 0.1) is 5.02 Å². The standard InChI is InChI=1S/C8H4ClIN2S/c9-6-3-5(1-2-7(6)10)8-12-11-4-13-8/h1-4H. The van der Waals surface area contributed by atoms with E-state index in [0.29, 0.717) is 0 Å². The van der Waals surface area contributed by atoms with Crippen LogP contribution in [-0.2, 0) is 0 Å². The molecule has 2 aromatic rings. The Morgan fingerprint density at radius 2 is 2.23 bits per heavy atom. The van der Waals surface area contributed by atoms with Gasteiger partial charge in [0.1, 0.15) is 10.5 Å². The predicted octanol–water partition coefficient (Wildman–Crippen LogP) is 3.46. The van der Waals surface area contributed by atoms with Gasteiger partial charge in [-0.1, -0.05) is 29.0 Å². The molecule has 0 aliphatic carbocycles. The fraction of sp³-hybridized carbons (Fsp3) is 0. The normalized spacial score (nSPS) is 10.3. The lowest BCUT2D eigenvalue weighted by atomic mass is 10.2. The van der Waals surface area contributed by atoms with E-state index in [1.54, 1.807) is 5.51 Å². The van der Waals surface area contributed by atoms with E-state index in [9.17, 15) is 0 Å². The predicted molar refractivity (Wildman–Crippen MR) is 63.1 cm³/mol. The van der Waals surface area contributed by atoms with Gasteiger partial charge in [-0.15, -0.1) is 10.2 Å². The van der Waals surface area contributed by atoms with E-state index in [1.165, 1.54) is 11.3 Å². The summed E-state index contributed by atoms with van der Waals surface area (Å²) in [6.07, 6.45) is 0. The highest BCUT2D eigenvalue weighted by Crippen LogP contribution is 2.26. The molecule has 5 heteroatoms. The molecule has 0 fully saturated rings. The topological polar surface area (TPSA) is 25.8 Å². The number of aromatic nitrogens is 2. The minimum Gasteiger partial charge on any atom is -0.147 e. The van der Waals surface area contributed by atoms with Crippen molar-refractivity contribution in [2.75, 3.05) is 0 Å². The third kappa shape index (κ3) is 2.00. The molecule has 0 unspecified atom stereocenters. The van der Waals surface area contributed by atoms with Crippen molar-refractivity contribution in [1.29, 1.82) is 0 Å². The largest absolute Gasteiger partial charge is 0.147 e. The molecule has 1 aromatic carbocycles. The van der Waals surface area contributed by atoms with E-state index in [2.05, 4.69) is 32.8 Å². The third-order valence-corrected chi connectivity index (χ3v) is 3.84. The van der Waals surface area contributed by atoms with Gasteiger partial charge in [-0.2, -0.15) is 0 Å². The number of rotatable bonds is 1. The molecule has 1 heterocycles. The summed E-state index contributed by atoms with van der Waals surface area (Å²) in [5, 5.41) is 9.40. The van der Waals surface area contributed by atoms with Gasteiger partial charge < -0.3 is 0 Å². The summed E-state index contributed by atoms with van der Waals surface area (Å²) in [5.41, 5.74) is 2.73. The summed E-state index contributed by atoms with van der Waals surface area (Å²) in [7, 11) is 0. The quantitative estimate of drug-likeness (QED) is 0.751. The van der Waals surface area contributed by atoms with Crippen molar-refractivity contribution in [3.8, 4) is 10.6 Å². The lowest BCUT2D eigenvalue weighted by Crippen LogP contribution is -1.79. The highest BCUT2D eigenvalue weighted by Gasteiger charge is 2.03. The summed E-state index contributed by atoms with van der Waals surface area (Å²) in [6.45, 7) is 0. The monoisotopic (exact) mass is 322 g/mol. The Hall–Kier alpha value is -0.200. The summed E-state index contributed by atoms with van der Waals surface area (Å²) in [6, 6.07) is 5.87. The zero-order valence-electron chi connectivity index (χ0n) is 6.37. The molecule has 0 saturated heterocycles. The SMILES string of the molecule is Clc1cc(-c2nncs2)ccc1I. The fourth-order valence-corrected chi connectivity index (χ4v) is 2.00. The van der Waals surface area contributed by atoms with Crippen molar-refractivity contribution in [1.82, 2.24) is 10.2 Å². The number of nitrogens with zero attached hydrogens (tertiary/aromatic N) is 2. The first-order valence-corrected chi connectivity index (χ1v) is 5.82. The van der Waals surface area contributed by atoms with Gasteiger partial charge in [-0.25, -0.2) is 0 Å². The molecule has 0 radical (unpaired) electrons. The third-order valence-electron chi connectivity index (χ3n) is 1.53. The average Bonchev–Trinajstić information content (AvgIpc) is 2.62. The van der Waals surface area contributed by atoms with E-state index in [4.69, 9.17) is 11.6 Å². The van der Waals surface area contributed by atoms with Crippen LogP contribution in [0.4, 0.5) is 0 Å². The molecule has 13 heavy (non-hydrogen) atoms. The number of benzene rings is 1. The van der Waals surface area contributed by atoms with E-state index in [-0.39, 0.29) is 0 Å². The van der Waals surface area contributed by atoms with Gasteiger partial charge in [-0.05, 0) is 34.7 Å². The molecule has 0 bridgehead atoms. The second-order valence-electron chi connectivity index (χ2n) is 2.37. The smallest absolute Gasteiger partial charge is 0.147 e. The van der Waals surface area contributed by atoms with Crippen LogP contribution < -0.4 is 0 Å². The molecule has 0 aliphatic rings. The van der Waals surface area contributed by atoms with Crippen molar-refractivity contribution in [3.05, 3.63) is 32.3 Å². The van der Waals surface area contributed by atoms with Gasteiger partial charge in [0.25, 0.3) is 0 Å². The average molecular weight is 323 g/mol. The molecule has 2 nitrogen and oxygen atoms in total. The maximum Gasteiger partial charge on any atom is 0.147 e. The van der Waals surface area contributed by atoms with Crippen LogP contribution in [0.15, 0.2) is 23.7 Å². The molecule has 66 valence electrons. The molecule has 1 aromatic heterocycles. The fourth-order valence-electron chi connectivity index (χ4n) is 0.928. The summed E-state index contributed by atoms with van der Waals surface area (Å²) in [4.78, 5) is 0. The number of hydrogen-bond acceptors (Lipinski definition) is 3. The molecule has 0 aliphatic heterocycles. The van der Waals surface area contributed by atoms with Gasteiger partial charge in [0, 0.05) is 9.13 Å². The van der Waals surface area contributed by atoms with E-state index < -0.39 is 0 Å². The molecule has 0 spiro atoms. The molecule has 0 saturated carbocycles. The minimum atomic E-state index is 0.758. The lowest BCUT2D eigenvalue weighted by Gasteiger charge is -1.98. The van der Waals surface area contributed by atoms with E-state index in [1.807, 2.05) is 18.2 Å². The Morgan fingerprint density at radius 1 is 1.38 bits per heavy atom. The molecule has 0 atom stereocenters. The molecular formula is C8H4ClIN2S. The van der Waals surface area contributed by atoms with Crippen molar-refractivity contribution < 1.29 is 0 Å².